The topological polar surface area (TPSA) is 119 Å². The Balaban J connectivity index is 1.92. The van der Waals surface area contributed by atoms with E-state index in [-0.39, 0.29) is 18.8 Å². The highest BCUT2D eigenvalue weighted by Gasteiger charge is 2.31. The van der Waals surface area contributed by atoms with Crippen LogP contribution in [0.3, 0.4) is 0 Å². The maximum atomic E-state index is 15.5. The van der Waals surface area contributed by atoms with Crippen LogP contribution in [0.2, 0.25) is 0 Å². The van der Waals surface area contributed by atoms with Gasteiger partial charge in [-0.15, -0.1) is 0 Å². The van der Waals surface area contributed by atoms with Crippen LogP contribution in [0.15, 0.2) is 87.8 Å². The van der Waals surface area contributed by atoms with Crippen molar-refractivity contribution >= 4 is 35.3 Å². The number of aryl methyl sites for hydroxylation is 1. The van der Waals surface area contributed by atoms with Gasteiger partial charge in [0.1, 0.15) is 34.9 Å². The molecule has 1 aliphatic rings. The molecule has 0 saturated carbocycles. The number of rotatable bonds is 11. The largest absolute Gasteiger partial charge is 0.348 e. The van der Waals surface area contributed by atoms with Crippen LogP contribution in [0, 0.1) is 17.1 Å². The zero-order chi connectivity index (χ0) is 30.2. The van der Waals surface area contributed by atoms with Gasteiger partial charge in [0.15, 0.2) is 0 Å². The molecule has 0 fully saturated rings. The van der Waals surface area contributed by atoms with Gasteiger partial charge in [0, 0.05) is 47.7 Å². The third-order valence-corrected chi connectivity index (χ3v) is 6.82. The average Bonchev–Trinajstić information content (AvgIpc) is 3.00. The highest BCUT2D eigenvalue weighted by atomic mass is 19.1. The van der Waals surface area contributed by atoms with E-state index in [4.69, 9.17) is 10.7 Å². The minimum absolute atomic E-state index is 0.0470. The Labute approximate surface area is 246 Å². The molecule has 10 heteroatoms. The highest BCUT2D eigenvalue weighted by molar-refractivity contribution is 6.15. The van der Waals surface area contributed by atoms with Gasteiger partial charge in [-0.25, -0.2) is 24.3 Å². The lowest BCUT2D eigenvalue weighted by atomic mass is 9.95. The summed E-state index contributed by atoms with van der Waals surface area (Å²) in [7, 11) is 0. The lowest BCUT2D eigenvalue weighted by Gasteiger charge is -2.36. The summed E-state index contributed by atoms with van der Waals surface area (Å²) in [6, 6.07) is 14.9. The van der Waals surface area contributed by atoms with Gasteiger partial charge >= 0.3 is 0 Å². The van der Waals surface area contributed by atoms with E-state index >= 15 is 4.39 Å². The Bertz CT molecular complexity index is 1600. The highest BCUT2D eigenvalue weighted by Crippen LogP contribution is 2.43. The molecule has 1 aromatic heterocycles. The zero-order valence-electron chi connectivity index (χ0n) is 24.2. The van der Waals surface area contributed by atoms with Crippen LogP contribution in [0.25, 0.3) is 16.8 Å². The first-order chi connectivity index (χ1) is 20.4. The number of nitriles is 1. The normalized spacial score (nSPS) is 13.6. The molecule has 4 rings (SSSR count). The Morgan fingerprint density at radius 1 is 1.12 bits per heavy atom. The molecule has 214 valence electrons. The number of para-hydroxylation sites is 1. The fourth-order valence-corrected chi connectivity index (χ4v) is 4.89. The summed E-state index contributed by atoms with van der Waals surface area (Å²) in [5.74, 6) is 1.26. The average molecular weight is 564 g/mol. The van der Waals surface area contributed by atoms with Crippen molar-refractivity contribution in [3.05, 3.63) is 90.0 Å². The van der Waals surface area contributed by atoms with Crippen LogP contribution in [-0.4, -0.2) is 52.9 Å². The van der Waals surface area contributed by atoms with Gasteiger partial charge < -0.3 is 10.6 Å². The first-order valence-electron chi connectivity index (χ1n) is 13.7. The second-order valence-corrected chi connectivity index (χ2v) is 9.52. The molecule has 2 N–H and O–H groups in total. The molecular formula is C32H34FN9. The maximum Gasteiger partial charge on any atom is 0.148 e. The summed E-state index contributed by atoms with van der Waals surface area (Å²) < 4.78 is 15.5. The monoisotopic (exact) mass is 563 g/mol. The number of benzene rings is 2. The van der Waals surface area contributed by atoms with E-state index in [2.05, 4.69) is 39.3 Å². The van der Waals surface area contributed by atoms with Crippen LogP contribution >= 0.6 is 0 Å². The number of anilines is 1. The third-order valence-electron chi connectivity index (χ3n) is 6.82. The predicted molar refractivity (Wildman–Crippen MR) is 168 cm³/mol. The van der Waals surface area contributed by atoms with Gasteiger partial charge in [-0.2, -0.15) is 5.26 Å². The molecule has 0 aliphatic carbocycles. The van der Waals surface area contributed by atoms with Crippen molar-refractivity contribution in [1.29, 1.82) is 5.26 Å². The molecule has 0 bridgehead atoms. The second kappa shape index (κ2) is 13.6. The van der Waals surface area contributed by atoms with E-state index in [1.165, 1.54) is 6.07 Å². The fourth-order valence-electron chi connectivity index (χ4n) is 4.89. The molecule has 0 amide bonds. The number of halogens is 1. The quantitative estimate of drug-likeness (QED) is 0.229. The fraction of sp³-hybridized carbons (Fsp3) is 0.250. The van der Waals surface area contributed by atoms with E-state index in [9.17, 15) is 5.26 Å². The first kappa shape index (κ1) is 30.0. The van der Waals surface area contributed by atoms with Crippen molar-refractivity contribution in [2.45, 2.75) is 33.6 Å². The molecule has 0 saturated heterocycles. The zero-order valence-corrected chi connectivity index (χ0v) is 24.2. The minimum Gasteiger partial charge on any atom is -0.348 e. The van der Waals surface area contributed by atoms with E-state index in [0.29, 0.717) is 64.2 Å². The number of amidine groups is 1. The lowest BCUT2D eigenvalue weighted by Crippen LogP contribution is -2.41. The van der Waals surface area contributed by atoms with Crippen LogP contribution in [0.4, 0.5) is 15.8 Å². The smallest absolute Gasteiger partial charge is 0.148 e. The molecule has 3 aromatic rings. The molecule has 2 aromatic carbocycles. The van der Waals surface area contributed by atoms with Crippen molar-refractivity contribution in [2.24, 2.45) is 20.7 Å². The van der Waals surface area contributed by atoms with Crippen molar-refractivity contribution in [3.63, 3.8) is 0 Å². The van der Waals surface area contributed by atoms with E-state index in [0.717, 1.165) is 12.1 Å². The second-order valence-electron chi connectivity index (χ2n) is 9.52. The molecule has 0 atom stereocenters. The summed E-state index contributed by atoms with van der Waals surface area (Å²) in [5.41, 5.74) is 9.72. The molecule has 2 heterocycles. The summed E-state index contributed by atoms with van der Waals surface area (Å²) in [6.07, 6.45) is 4.71. The lowest BCUT2D eigenvalue weighted by molar-refractivity contribution is 0.384. The maximum absolute atomic E-state index is 15.5. The predicted octanol–water partition coefficient (Wildman–Crippen LogP) is 5.89. The van der Waals surface area contributed by atoms with E-state index < -0.39 is 5.82 Å². The Morgan fingerprint density at radius 2 is 1.83 bits per heavy atom. The van der Waals surface area contributed by atoms with Crippen LogP contribution in [-0.2, 0) is 6.42 Å². The summed E-state index contributed by atoms with van der Waals surface area (Å²) in [6.45, 7) is 14.8. The summed E-state index contributed by atoms with van der Waals surface area (Å²) in [4.78, 5) is 26.1. The minimum atomic E-state index is -0.420. The molecule has 9 nitrogen and oxygen atoms in total. The van der Waals surface area contributed by atoms with Crippen LogP contribution < -0.4 is 10.6 Å². The molecule has 0 radical (unpaired) electrons. The first-order valence-corrected chi connectivity index (χ1v) is 13.7. The van der Waals surface area contributed by atoms with E-state index in [1.54, 1.807) is 25.4 Å². The number of nitrogens with zero attached hydrogens (tertiary/aromatic N) is 8. The summed E-state index contributed by atoms with van der Waals surface area (Å²) >= 11 is 0. The molecule has 0 spiro atoms. The number of fused-ring (bicyclic) bond motifs is 1. The number of aliphatic imine (C=N–C) groups is 3. The molecule has 0 unspecified atom stereocenters. The Morgan fingerprint density at radius 3 is 2.43 bits per heavy atom. The third kappa shape index (κ3) is 6.01. The van der Waals surface area contributed by atoms with Crippen molar-refractivity contribution in [2.75, 3.05) is 24.7 Å². The number of allylic oxidation sites excluding steroid dienone is 1. The van der Waals surface area contributed by atoms with Gasteiger partial charge in [0.05, 0.1) is 30.3 Å². The number of hydrogen-bond donors (Lipinski definition) is 1. The van der Waals surface area contributed by atoms with Gasteiger partial charge in [0.25, 0.3) is 0 Å². The number of aromatic nitrogens is 2. The molecule has 1 aliphatic heterocycles. The van der Waals surface area contributed by atoms with Crippen molar-refractivity contribution < 1.29 is 4.39 Å². The van der Waals surface area contributed by atoms with Crippen molar-refractivity contribution in [1.82, 2.24) is 14.9 Å². The Hall–Kier alpha value is -5.01. The SMILES string of the molecule is C=N/C(=C(/C#N)C(C)=NCN)N(CCC)CC1=Nc2ccc(F)c(-c3cnc(CC)nc3)c2C(=C)N1c1ccccc1. The van der Waals surface area contributed by atoms with Gasteiger partial charge in [-0.1, -0.05) is 38.6 Å². The van der Waals surface area contributed by atoms with Crippen molar-refractivity contribution in [3.8, 4) is 17.2 Å². The molecular weight excluding hydrogens is 529 g/mol. The summed E-state index contributed by atoms with van der Waals surface area (Å²) in [5, 5.41) is 10.0. The van der Waals surface area contributed by atoms with Gasteiger partial charge in [-0.05, 0) is 44.3 Å². The van der Waals surface area contributed by atoms with Crippen LogP contribution in [0.5, 0.6) is 0 Å². The number of hydrogen-bond acceptors (Lipinski definition) is 9. The Kier molecular flexibility index (Phi) is 9.68. The van der Waals surface area contributed by atoms with E-state index in [1.807, 2.05) is 54.0 Å². The van der Waals surface area contributed by atoms with Gasteiger partial charge in [-0.3, -0.25) is 9.89 Å². The molecule has 42 heavy (non-hydrogen) atoms. The van der Waals surface area contributed by atoms with Gasteiger partial charge in [0.2, 0.25) is 0 Å². The number of nitrogens with two attached hydrogens (primary N) is 1. The standard InChI is InChI=1S/C32H34FN9/c1-6-15-41(32(36-5)25(16-34)21(3)39-20-35)19-29-40-27-14-13-26(33)31(23-17-37-28(7-2)38-18-23)30(27)22(4)42(29)24-11-9-8-10-12-24/h8-14,17-18H,4-7,15,19-20,35H2,1-3H3/b32-25+,39-21?. The van der Waals surface area contributed by atoms with Crippen LogP contribution in [0.1, 0.15) is 38.6 Å².